The molecule has 0 radical (unpaired) electrons. The minimum Gasteiger partial charge on any atom is -0.453 e. The third-order valence-corrected chi connectivity index (χ3v) is 3.06. The summed E-state index contributed by atoms with van der Waals surface area (Å²) in [6.07, 6.45) is -4.75. The minimum absolute atomic E-state index is 0.0368. The van der Waals surface area contributed by atoms with Gasteiger partial charge in [0.2, 0.25) is 5.82 Å². The highest BCUT2D eigenvalue weighted by Gasteiger charge is 2.34. The van der Waals surface area contributed by atoms with E-state index in [-0.39, 0.29) is 11.5 Å². The van der Waals surface area contributed by atoms with Crippen LogP contribution < -0.4 is 5.56 Å². The van der Waals surface area contributed by atoms with Crippen LogP contribution in [0.4, 0.5) is 13.2 Å². The number of rotatable bonds is 1. The van der Waals surface area contributed by atoms with Crippen LogP contribution in [0.15, 0.2) is 39.5 Å². The van der Waals surface area contributed by atoms with Gasteiger partial charge in [-0.25, -0.2) is 4.98 Å². The number of halogens is 4. The van der Waals surface area contributed by atoms with Gasteiger partial charge in [-0.3, -0.25) is 4.79 Å². The summed E-state index contributed by atoms with van der Waals surface area (Å²) in [4.78, 5) is 16.4. The number of benzene rings is 1. The second kappa shape index (κ2) is 4.63. The Labute approximate surface area is 120 Å². The van der Waals surface area contributed by atoms with E-state index in [0.717, 1.165) is 6.07 Å². The maximum atomic E-state index is 12.6. The number of fused-ring (bicyclic) bond motifs is 1. The maximum Gasteiger partial charge on any atom is 0.449 e. The summed E-state index contributed by atoms with van der Waals surface area (Å²) in [6, 6.07) is 7.36. The van der Waals surface area contributed by atoms with E-state index in [1.54, 1.807) is 23.2 Å². The molecule has 0 saturated heterocycles. The highest BCUT2D eigenvalue weighted by atomic mass is 35.5. The summed E-state index contributed by atoms with van der Waals surface area (Å²) in [5.74, 6) is -1.34. The lowest BCUT2D eigenvalue weighted by molar-refractivity contribution is -0.145. The lowest BCUT2D eigenvalue weighted by Gasteiger charge is -2.05. The fraction of sp³-hybridized carbons (Fsp3) is 0.0769. The highest BCUT2D eigenvalue weighted by molar-refractivity contribution is 6.34. The van der Waals surface area contributed by atoms with Crippen LogP contribution in [0.3, 0.4) is 0 Å². The minimum atomic E-state index is -4.75. The Kier molecular flexibility index (Phi) is 3.02. The number of hydrogen-bond acceptors (Lipinski definition) is 3. The molecule has 0 bridgehead atoms. The first-order valence-electron chi connectivity index (χ1n) is 5.71. The molecule has 2 aromatic heterocycles. The molecule has 0 amide bonds. The number of aromatic amines is 1. The van der Waals surface area contributed by atoms with Crippen molar-refractivity contribution in [2.45, 2.75) is 6.18 Å². The molecule has 0 aliphatic rings. The van der Waals surface area contributed by atoms with Gasteiger partial charge in [0, 0.05) is 11.5 Å². The van der Waals surface area contributed by atoms with E-state index in [1.807, 2.05) is 0 Å². The van der Waals surface area contributed by atoms with E-state index >= 15 is 0 Å². The molecule has 0 spiro atoms. The van der Waals surface area contributed by atoms with Gasteiger partial charge in [-0.05, 0) is 12.1 Å². The largest absolute Gasteiger partial charge is 0.453 e. The molecule has 2 heterocycles. The molecule has 3 rings (SSSR count). The summed E-state index contributed by atoms with van der Waals surface area (Å²) < 4.78 is 43.3. The molecular formula is C13H6ClF3N2O2. The number of nitrogens with zero attached hydrogens (tertiary/aromatic N) is 1. The van der Waals surface area contributed by atoms with Crippen molar-refractivity contribution in [2.24, 2.45) is 0 Å². The number of alkyl halides is 3. The van der Waals surface area contributed by atoms with Gasteiger partial charge < -0.3 is 9.40 Å². The van der Waals surface area contributed by atoms with Crippen molar-refractivity contribution in [2.75, 3.05) is 0 Å². The summed E-state index contributed by atoms with van der Waals surface area (Å²) >= 11 is 5.93. The molecule has 0 aliphatic carbocycles. The number of nitrogens with one attached hydrogen (secondary N) is 1. The van der Waals surface area contributed by atoms with Crippen molar-refractivity contribution in [1.82, 2.24) is 9.97 Å². The second-order valence-corrected chi connectivity index (χ2v) is 4.65. The first kappa shape index (κ1) is 13.7. The first-order valence-corrected chi connectivity index (χ1v) is 6.09. The monoisotopic (exact) mass is 314 g/mol. The number of aromatic nitrogens is 2. The van der Waals surface area contributed by atoms with Crippen molar-refractivity contribution in [3.05, 3.63) is 51.5 Å². The molecular weight excluding hydrogens is 309 g/mol. The van der Waals surface area contributed by atoms with Crippen molar-refractivity contribution in [1.29, 1.82) is 0 Å². The van der Waals surface area contributed by atoms with Crippen LogP contribution in [0.2, 0.25) is 5.02 Å². The van der Waals surface area contributed by atoms with Gasteiger partial charge in [0.1, 0.15) is 5.69 Å². The number of para-hydroxylation sites is 1. The Balaban J connectivity index is 2.21. The summed E-state index contributed by atoms with van der Waals surface area (Å²) in [7, 11) is 0. The zero-order chi connectivity index (χ0) is 15.2. The van der Waals surface area contributed by atoms with E-state index in [9.17, 15) is 18.0 Å². The highest BCUT2D eigenvalue weighted by Crippen LogP contribution is 2.32. The first-order chi connectivity index (χ1) is 9.84. The van der Waals surface area contributed by atoms with E-state index in [0.29, 0.717) is 16.0 Å². The molecule has 0 aliphatic heterocycles. The molecule has 0 atom stereocenters. The fourth-order valence-corrected chi connectivity index (χ4v) is 2.09. The Bertz CT molecular complexity index is 883. The van der Waals surface area contributed by atoms with Gasteiger partial charge in [0.15, 0.2) is 11.3 Å². The molecule has 0 fully saturated rings. The predicted molar refractivity (Wildman–Crippen MR) is 70.1 cm³/mol. The van der Waals surface area contributed by atoms with E-state index in [2.05, 4.69) is 4.98 Å². The Morgan fingerprint density at radius 3 is 2.67 bits per heavy atom. The molecule has 4 nitrogen and oxygen atoms in total. The quantitative estimate of drug-likeness (QED) is 0.742. The maximum absolute atomic E-state index is 12.6. The summed E-state index contributed by atoms with van der Waals surface area (Å²) in [5.41, 5.74) is -0.804. The number of H-pyrrole nitrogens is 1. The molecule has 1 N–H and O–H groups in total. The zero-order valence-corrected chi connectivity index (χ0v) is 10.9. The van der Waals surface area contributed by atoms with Crippen LogP contribution in [0.1, 0.15) is 5.82 Å². The fourth-order valence-electron chi connectivity index (χ4n) is 1.87. The van der Waals surface area contributed by atoms with E-state index in [4.69, 9.17) is 16.0 Å². The smallest absolute Gasteiger partial charge is 0.449 e. The number of furan rings is 1. The Morgan fingerprint density at radius 1 is 1.24 bits per heavy atom. The average molecular weight is 315 g/mol. The van der Waals surface area contributed by atoms with Crippen molar-refractivity contribution in [3.63, 3.8) is 0 Å². The van der Waals surface area contributed by atoms with E-state index in [1.165, 1.54) is 6.07 Å². The van der Waals surface area contributed by atoms with Crippen molar-refractivity contribution < 1.29 is 17.6 Å². The number of hydrogen-bond donors (Lipinski definition) is 1. The molecule has 1 aromatic carbocycles. The molecule has 21 heavy (non-hydrogen) atoms. The average Bonchev–Trinajstić information content (AvgIpc) is 2.82. The molecule has 108 valence electrons. The van der Waals surface area contributed by atoms with Crippen LogP contribution in [0, 0.1) is 0 Å². The molecule has 0 saturated carbocycles. The SMILES string of the molecule is O=c1cc(-c2cc3cccc(Cl)c3o2)nc(C(F)(F)F)[nH]1. The second-order valence-electron chi connectivity index (χ2n) is 4.25. The molecule has 8 heteroatoms. The Morgan fingerprint density at radius 2 is 2.00 bits per heavy atom. The molecule has 0 unspecified atom stereocenters. The summed E-state index contributed by atoms with van der Waals surface area (Å²) in [5, 5.41) is 0.924. The normalized spacial score (nSPS) is 12.0. The topological polar surface area (TPSA) is 58.9 Å². The van der Waals surface area contributed by atoms with Crippen LogP contribution >= 0.6 is 11.6 Å². The molecule has 3 aromatic rings. The lowest BCUT2D eigenvalue weighted by atomic mass is 10.2. The van der Waals surface area contributed by atoms with Crippen LogP contribution in [0.25, 0.3) is 22.4 Å². The van der Waals surface area contributed by atoms with Crippen LogP contribution in [-0.2, 0) is 6.18 Å². The van der Waals surface area contributed by atoms with Crippen molar-refractivity contribution in [3.8, 4) is 11.5 Å². The zero-order valence-electron chi connectivity index (χ0n) is 10.2. The van der Waals surface area contributed by atoms with Crippen LogP contribution in [-0.4, -0.2) is 9.97 Å². The van der Waals surface area contributed by atoms with Gasteiger partial charge in [-0.15, -0.1) is 0 Å². The van der Waals surface area contributed by atoms with Crippen molar-refractivity contribution >= 4 is 22.6 Å². The van der Waals surface area contributed by atoms with E-state index < -0.39 is 17.6 Å². The van der Waals surface area contributed by atoms with Gasteiger partial charge >= 0.3 is 6.18 Å². The van der Waals surface area contributed by atoms with Gasteiger partial charge in [-0.2, -0.15) is 13.2 Å². The third kappa shape index (κ3) is 2.52. The lowest BCUT2D eigenvalue weighted by Crippen LogP contribution is -2.18. The standard InChI is InChI=1S/C13H6ClF3N2O2/c14-7-3-1-2-6-4-9(21-11(6)7)8-5-10(20)19-12(18-8)13(15,16)17/h1-5H,(H,18,19,20). The summed E-state index contributed by atoms with van der Waals surface area (Å²) in [6.45, 7) is 0. The predicted octanol–water partition coefficient (Wildman–Crippen LogP) is 3.86. The third-order valence-electron chi connectivity index (χ3n) is 2.76. The van der Waals surface area contributed by atoms with Gasteiger partial charge in [0.05, 0.1) is 5.02 Å². The Hall–Kier alpha value is -2.28. The van der Waals surface area contributed by atoms with Crippen LogP contribution in [0.5, 0.6) is 0 Å². The van der Waals surface area contributed by atoms with Gasteiger partial charge in [-0.1, -0.05) is 23.7 Å². The van der Waals surface area contributed by atoms with Gasteiger partial charge in [0.25, 0.3) is 5.56 Å².